The van der Waals surface area contributed by atoms with Gasteiger partial charge in [0.15, 0.2) is 5.82 Å². The number of aromatic nitrogens is 2. The van der Waals surface area contributed by atoms with Crippen LogP contribution < -0.4 is 10.9 Å². The maximum absolute atomic E-state index is 12.0. The predicted octanol–water partition coefficient (Wildman–Crippen LogP) is 1.42. The van der Waals surface area contributed by atoms with Crippen molar-refractivity contribution in [1.82, 2.24) is 15.1 Å². The van der Waals surface area contributed by atoms with E-state index in [0.29, 0.717) is 12.4 Å². The molecule has 2 N–H and O–H groups in total. The van der Waals surface area contributed by atoms with Gasteiger partial charge in [-0.05, 0) is 33.8 Å². The van der Waals surface area contributed by atoms with Crippen molar-refractivity contribution in [2.45, 2.75) is 33.2 Å². The van der Waals surface area contributed by atoms with Gasteiger partial charge in [0.25, 0.3) is 5.56 Å². The van der Waals surface area contributed by atoms with Crippen molar-refractivity contribution >= 4 is 11.8 Å². The minimum Gasteiger partial charge on any atom is -0.320 e. The van der Waals surface area contributed by atoms with E-state index in [4.69, 9.17) is 0 Å². The number of H-pyrrole nitrogens is 1. The summed E-state index contributed by atoms with van der Waals surface area (Å²) in [6.07, 6.45) is 0. The van der Waals surface area contributed by atoms with Gasteiger partial charge >= 0.3 is 6.03 Å². The molecule has 0 radical (unpaired) electrons. The largest absolute Gasteiger partial charge is 0.323 e. The van der Waals surface area contributed by atoms with Crippen molar-refractivity contribution in [3.8, 4) is 0 Å². The minimum absolute atomic E-state index is 0.237. The second-order valence-corrected chi connectivity index (χ2v) is 4.65. The van der Waals surface area contributed by atoms with Crippen LogP contribution in [0.3, 0.4) is 0 Å². The lowest BCUT2D eigenvalue weighted by Crippen LogP contribution is -2.47. The normalized spacial score (nSPS) is 11.1. The molecule has 0 aliphatic heterocycles. The molecule has 0 bridgehead atoms. The number of rotatable bonds is 2. The molecule has 0 aliphatic rings. The van der Waals surface area contributed by atoms with E-state index >= 15 is 0 Å². The average molecular weight is 238 g/mol. The zero-order chi connectivity index (χ0) is 13.1. The minimum atomic E-state index is -0.300. The zero-order valence-electron chi connectivity index (χ0n) is 10.6. The molecule has 6 nitrogen and oxygen atoms in total. The molecule has 94 valence electrons. The van der Waals surface area contributed by atoms with Crippen LogP contribution in [0.25, 0.3) is 0 Å². The Balaban J connectivity index is 2.78. The average Bonchev–Trinajstić information content (AvgIpc) is 2.20. The fourth-order valence-corrected chi connectivity index (χ4v) is 1.51. The molecule has 0 unspecified atom stereocenters. The summed E-state index contributed by atoms with van der Waals surface area (Å²) >= 11 is 0. The van der Waals surface area contributed by atoms with Gasteiger partial charge in [-0.1, -0.05) is 0 Å². The van der Waals surface area contributed by atoms with E-state index in [0.717, 1.165) is 0 Å². The molecule has 0 aromatic carbocycles. The third kappa shape index (κ3) is 3.58. The SMILES string of the molecule is CCN(C(=O)Nc1ccc(=O)[nH]n1)C(C)(C)C. The Bertz CT molecular complexity index is 427. The molecule has 1 aromatic rings. The molecule has 17 heavy (non-hydrogen) atoms. The number of carbonyl (C=O) groups excluding carboxylic acids is 1. The van der Waals surface area contributed by atoms with E-state index in [1.54, 1.807) is 4.90 Å². The number of hydrogen-bond donors (Lipinski definition) is 2. The van der Waals surface area contributed by atoms with Crippen LogP contribution in [0.5, 0.6) is 0 Å². The molecular formula is C11H18N4O2. The van der Waals surface area contributed by atoms with Crippen molar-refractivity contribution < 1.29 is 4.79 Å². The maximum Gasteiger partial charge on any atom is 0.323 e. The highest BCUT2D eigenvalue weighted by Crippen LogP contribution is 2.14. The first kappa shape index (κ1) is 13.2. The van der Waals surface area contributed by atoms with Gasteiger partial charge in [0.05, 0.1) is 0 Å². The van der Waals surface area contributed by atoms with Crippen LogP contribution in [0, 0.1) is 0 Å². The van der Waals surface area contributed by atoms with Crippen LogP contribution in [-0.2, 0) is 0 Å². The molecule has 2 amide bonds. The van der Waals surface area contributed by atoms with Gasteiger partial charge in [0.1, 0.15) is 0 Å². The number of nitrogens with one attached hydrogen (secondary N) is 2. The highest BCUT2D eigenvalue weighted by molar-refractivity contribution is 5.88. The molecule has 0 fully saturated rings. The molecule has 0 saturated carbocycles. The summed E-state index contributed by atoms with van der Waals surface area (Å²) in [7, 11) is 0. The molecule has 6 heteroatoms. The fourth-order valence-electron chi connectivity index (χ4n) is 1.51. The summed E-state index contributed by atoms with van der Waals surface area (Å²) in [5.41, 5.74) is -0.563. The van der Waals surface area contributed by atoms with E-state index in [9.17, 15) is 9.59 Å². The van der Waals surface area contributed by atoms with Crippen LogP contribution in [0.15, 0.2) is 16.9 Å². The molecule has 0 aliphatic carbocycles. The van der Waals surface area contributed by atoms with E-state index in [-0.39, 0.29) is 17.1 Å². The van der Waals surface area contributed by atoms with Gasteiger partial charge in [-0.2, -0.15) is 5.10 Å². The van der Waals surface area contributed by atoms with Crippen molar-refractivity contribution in [1.29, 1.82) is 0 Å². The van der Waals surface area contributed by atoms with Crippen LogP contribution in [0.1, 0.15) is 27.7 Å². The Morgan fingerprint density at radius 2 is 2.12 bits per heavy atom. The number of amides is 2. The standard InChI is InChI=1S/C11H18N4O2/c1-5-15(11(2,3)4)10(17)12-8-6-7-9(16)14-13-8/h6-7H,5H2,1-4H3,(H,14,16)(H,12,13,17). The van der Waals surface area contributed by atoms with Crippen LogP contribution in [0.2, 0.25) is 0 Å². The summed E-state index contributed by atoms with van der Waals surface area (Å²) in [5, 5.41) is 8.62. The summed E-state index contributed by atoms with van der Waals surface area (Å²) in [4.78, 5) is 24.5. The Morgan fingerprint density at radius 1 is 1.47 bits per heavy atom. The molecule has 0 saturated heterocycles. The number of carbonyl (C=O) groups is 1. The molecule has 1 rings (SSSR count). The predicted molar refractivity (Wildman–Crippen MR) is 66.0 cm³/mol. The van der Waals surface area contributed by atoms with Crippen LogP contribution in [0.4, 0.5) is 10.6 Å². The highest BCUT2D eigenvalue weighted by Gasteiger charge is 2.24. The van der Waals surface area contributed by atoms with E-state index < -0.39 is 0 Å². The van der Waals surface area contributed by atoms with Crippen molar-refractivity contribution in [3.05, 3.63) is 22.5 Å². The number of anilines is 1. The van der Waals surface area contributed by atoms with Crippen LogP contribution in [-0.4, -0.2) is 33.2 Å². The summed E-state index contributed by atoms with van der Waals surface area (Å²) in [6, 6.07) is 2.54. The van der Waals surface area contributed by atoms with Gasteiger partial charge in [0, 0.05) is 18.2 Å². The van der Waals surface area contributed by atoms with Crippen LogP contribution >= 0.6 is 0 Å². The second kappa shape index (κ2) is 4.99. The first-order chi connectivity index (χ1) is 7.84. The number of urea groups is 1. The van der Waals surface area contributed by atoms with Crippen molar-refractivity contribution in [2.24, 2.45) is 0 Å². The van der Waals surface area contributed by atoms with Gasteiger partial charge in [-0.25, -0.2) is 9.89 Å². The topological polar surface area (TPSA) is 78.1 Å². The van der Waals surface area contributed by atoms with E-state index in [2.05, 4.69) is 15.5 Å². The zero-order valence-corrected chi connectivity index (χ0v) is 10.6. The van der Waals surface area contributed by atoms with Gasteiger partial charge in [-0.15, -0.1) is 0 Å². The number of hydrogen-bond acceptors (Lipinski definition) is 3. The molecule has 0 atom stereocenters. The molecular weight excluding hydrogens is 220 g/mol. The van der Waals surface area contributed by atoms with Gasteiger partial charge in [0.2, 0.25) is 0 Å². The number of aromatic amines is 1. The smallest absolute Gasteiger partial charge is 0.320 e. The third-order valence-corrected chi connectivity index (χ3v) is 2.29. The summed E-state index contributed by atoms with van der Waals surface area (Å²) < 4.78 is 0. The fraction of sp³-hybridized carbons (Fsp3) is 0.545. The van der Waals surface area contributed by atoms with Crippen molar-refractivity contribution in [2.75, 3.05) is 11.9 Å². The monoisotopic (exact) mass is 238 g/mol. The quantitative estimate of drug-likeness (QED) is 0.818. The summed E-state index contributed by atoms with van der Waals surface area (Å²) in [5.74, 6) is 0.331. The Kier molecular flexibility index (Phi) is 3.88. The summed E-state index contributed by atoms with van der Waals surface area (Å²) in [6.45, 7) is 8.37. The number of nitrogens with zero attached hydrogens (tertiary/aromatic N) is 2. The van der Waals surface area contributed by atoms with Gasteiger partial charge in [-0.3, -0.25) is 10.1 Å². The second-order valence-electron chi connectivity index (χ2n) is 4.65. The lowest BCUT2D eigenvalue weighted by molar-refractivity contribution is 0.162. The van der Waals surface area contributed by atoms with Crippen molar-refractivity contribution in [3.63, 3.8) is 0 Å². The molecule has 1 heterocycles. The Labute approximate surface area is 100 Å². The first-order valence-corrected chi connectivity index (χ1v) is 5.49. The molecule has 0 spiro atoms. The van der Waals surface area contributed by atoms with E-state index in [1.165, 1.54) is 12.1 Å². The maximum atomic E-state index is 12.0. The lowest BCUT2D eigenvalue weighted by atomic mass is 10.1. The Morgan fingerprint density at radius 3 is 2.53 bits per heavy atom. The molecule has 1 aromatic heterocycles. The highest BCUT2D eigenvalue weighted by atomic mass is 16.2. The lowest BCUT2D eigenvalue weighted by Gasteiger charge is -2.34. The van der Waals surface area contributed by atoms with E-state index in [1.807, 2.05) is 27.7 Å². The third-order valence-electron chi connectivity index (χ3n) is 2.29. The van der Waals surface area contributed by atoms with Gasteiger partial charge < -0.3 is 4.90 Å². The first-order valence-electron chi connectivity index (χ1n) is 5.49. The Hall–Kier alpha value is -1.85.